The first-order chi connectivity index (χ1) is 13.2. The molecular weight excluding hydrogens is 406 g/mol. The van der Waals surface area contributed by atoms with Gasteiger partial charge in [-0.05, 0) is 24.3 Å². The molecule has 1 saturated heterocycles. The molecule has 1 fully saturated rings. The number of rotatable bonds is 4. The first-order valence-electron chi connectivity index (χ1n) is 8.46. The minimum absolute atomic E-state index is 0.101. The van der Waals surface area contributed by atoms with Gasteiger partial charge in [-0.2, -0.15) is 0 Å². The second kappa shape index (κ2) is 7.76. The van der Waals surface area contributed by atoms with Crippen LogP contribution in [-0.2, 0) is 9.84 Å². The van der Waals surface area contributed by atoms with Gasteiger partial charge in [0, 0.05) is 38.5 Å². The molecule has 8 nitrogen and oxygen atoms in total. The van der Waals surface area contributed by atoms with Gasteiger partial charge in [0.25, 0.3) is 11.6 Å². The molecule has 2 aromatic rings. The fraction of sp³-hybridized carbons (Fsp3) is 0.278. The smallest absolute Gasteiger partial charge is 0.293 e. The van der Waals surface area contributed by atoms with Crippen LogP contribution in [0.3, 0.4) is 0 Å². The Morgan fingerprint density at radius 2 is 1.75 bits per heavy atom. The van der Waals surface area contributed by atoms with E-state index in [2.05, 4.69) is 0 Å². The third-order valence-corrected chi connectivity index (χ3v) is 6.02. The highest BCUT2D eigenvalue weighted by Crippen LogP contribution is 2.31. The molecule has 0 N–H and O–H groups in total. The van der Waals surface area contributed by atoms with Gasteiger partial charge < -0.3 is 9.80 Å². The van der Waals surface area contributed by atoms with Crippen LogP contribution >= 0.6 is 11.6 Å². The Kier molecular flexibility index (Phi) is 5.57. The van der Waals surface area contributed by atoms with Crippen molar-refractivity contribution in [3.8, 4) is 0 Å². The zero-order valence-corrected chi connectivity index (χ0v) is 16.6. The Balaban J connectivity index is 1.79. The van der Waals surface area contributed by atoms with Gasteiger partial charge in [-0.3, -0.25) is 14.9 Å². The number of nitrogens with zero attached hydrogens (tertiary/aromatic N) is 3. The maximum atomic E-state index is 12.6. The van der Waals surface area contributed by atoms with Gasteiger partial charge >= 0.3 is 0 Å². The number of hydrogen-bond donors (Lipinski definition) is 0. The van der Waals surface area contributed by atoms with Crippen LogP contribution in [0.5, 0.6) is 0 Å². The van der Waals surface area contributed by atoms with E-state index in [1.807, 2.05) is 0 Å². The van der Waals surface area contributed by atoms with E-state index in [4.69, 9.17) is 11.6 Å². The van der Waals surface area contributed by atoms with Crippen molar-refractivity contribution in [1.82, 2.24) is 4.90 Å². The average Bonchev–Trinajstić information content (AvgIpc) is 2.67. The van der Waals surface area contributed by atoms with Crippen LogP contribution < -0.4 is 4.90 Å². The predicted octanol–water partition coefficient (Wildman–Crippen LogP) is 2.61. The summed E-state index contributed by atoms with van der Waals surface area (Å²) in [7, 11) is -3.55. The summed E-state index contributed by atoms with van der Waals surface area (Å²) in [5.41, 5.74) is 0.483. The number of nitro benzene ring substituents is 1. The highest BCUT2D eigenvalue weighted by Gasteiger charge is 2.28. The molecule has 148 valence electrons. The molecule has 0 saturated carbocycles. The van der Waals surface area contributed by atoms with Crippen LogP contribution in [0.25, 0.3) is 0 Å². The Bertz CT molecular complexity index is 1030. The van der Waals surface area contributed by atoms with Crippen molar-refractivity contribution >= 4 is 38.7 Å². The number of sulfone groups is 1. The molecule has 28 heavy (non-hydrogen) atoms. The second-order valence-corrected chi connectivity index (χ2v) is 8.86. The third kappa shape index (κ3) is 4.10. The number of piperazine rings is 1. The number of benzene rings is 2. The minimum Gasteiger partial charge on any atom is -0.362 e. The summed E-state index contributed by atoms with van der Waals surface area (Å²) in [4.78, 5) is 26.8. The van der Waals surface area contributed by atoms with E-state index in [0.29, 0.717) is 42.5 Å². The molecule has 10 heteroatoms. The second-order valence-electron chi connectivity index (χ2n) is 6.44. The average molecular weight is 424 g/mol. The van der Waals surface area contributed by atoms with Crippen LogP contribution in [-0.4, -0.2) is 56.6 Å². The summed E-state index contributed by atoms with van der Waals surface area (Å²) in [6.07, 6.45) is 1.00. The van der Waals surface area contributed by atoms with Gasteiger partial charge in [-0.1, -0.05) is 23.7 Å². The van der Waals surface area contributed by atoms with Crippen LogP contribution in [0, 0.1) is 10.1 Å². The Morgan fingerprint density at radius 3 is 2.32 bits per heavy atom. The van der Waals surface area contributed by atoms with Gasteiger partial charge in [-0.25, -0.2) is 8.42 Å². The molecule has 0 spiro atoms. The maximum Gasteiger partial charge on any atom is 0.293 e. The number of nitro groups is 1. The molecule has 1 aliphatic heterocycles. The lowest BCUT2D eigenvalue weighted by Gasteiger charge is -2.36. The summed E-state index contributed by atoms with van der Waals surface area (Å²) < 4.78 is 23.4. The third-order valence-electron chi connectivity index (χ3n) is 4.58. The summed E-state index contributed by atoms with van der Waals surface area (Å²) in [5.74, 6) is -0.188. The SMILES string of the molecule is CS(=O)(=O)c1ccc(N2CCN(C(=O)c3ccccc3Cl)CC2)c([N+](=O)[O-])c1. The Morgan fingerprint density at radius 1 is 1.11 bits per heavy atom. The van der Waals surface area contributed by atoms with E-state index in [0.717, 1.165) is 12.3 Å². The van der Waals surface area contributed by atoms with Crippen molar-refractivity contribution < 1.29 is 18.1 Å². The van der Waals surface area contributed by atoms with Crippen LogP contribution in [0.1, 0.15) is 10.4 Å². The monoisotopic (exact) mass is 423 g/mol. The fourth-order valence-electron chi connectivity index (χ4n) is 3.10. The molecule has 0 radical (unpaired) electrons. The van der Waals surface area contributed by atoms with E-state index in [1.165, 1.54) is 12.1 Å². The molecule has 3 rings (SSSR count). The van der Waals surface area contributed by atoms with E-state index >= 15 is 0 Å². The molecule has 1 amide bonds. The normalized spacial score (nSPS) is 14.8. The molecule has 1 aliphatic rings. The van der Waals surface area contributed by atoms with Crippen LogP contribution in [0.15, 0.2) is 47.4 Å². The quantitative estimate of drug-likeness (QED) is 0.553. The van der Waals surface area contributed by atoms with Crippen molar-refractivity contribution in [1.29, 1.82) is 0 Å². The molecular formula is C18H18ClN3O5S. The molecule has 0 aromatic heterocycles. The fourth-order valence-corrected chi connectivity index (χ4v) is 3.96. The number of carbonyl (C=O) groups is 1. The number of carbonyl (C=O) groups excluding carboxylic acids is 1. The lowest BCUT2D eigenvalue weighted by atomic mass is 10.1. The number of amides is 1. The molecule has 2 aromatic carbocycles. The van der Waals surface area contributed by atoms with E-state index in [-0.39, 0.29) is 16.5 Å². The van der Waals surface area contributed by atoms with Gasteiger partial charge in [-0.15, -0.1) is 0 Å². The zero-order valence-electron chi connectivity index (χ0n) is 15.0. The lowest BCUT2D eigenvalue weighted by Crippen LogP contribution is -2.49. The van der Waals surface area contributed by atoms with Crippen molar-refractivity contribution in [3.63, 3.8) is 0 Å². The first-order valence-corrected chi connectivity index (χ1v) is 10.7. The van der Waals surface area contributed by atoms with Crippen LogP contribution in [0.4, 0.5) is 11.4 Å². The number of halogens is 1. The molecule has 0 aliphatic carbocycles. The highest BCUT2D eigenvalue weighted by molar-refractivity contribution is 7.90. The summed E-state index contributed by atoms with van der Waals surface area (Å²) in [6.45, 7) is 1.51. The summed E-state index contributed by atoms with van der Waals surface area (Å²) in [5, 5.41) is 11.8. The molecule has 0 unspecified atom stereocenters. The molecule has 0 atom stereocenters. The maximum absolute atomic E-state index is 12.6. The summed E-state index contributed by atoms with van der Waals surface area (Å²) in [6, 6.07) is 10.7. The van der Waals surface area contributed by atoms with Crippen molar-refractivity contribution in [3.05, 3.63) is 63.2 Å². The zero-order chi connectivity index (χ0) is 20.5. The van der Waals surface area contributed by atoms with Crippen molar-refractivity contribution in [2.75, 3.05) is 37.3 Å². The van der Waals surface area contributed by atoms with Crippen molar-refractivity contribution in [2.45, 2.75) is 4.90 Å². The van der Waals surface area contributed by atoms with Gasteiger partial charge in [0.05, 0.1) is 20.4 Å². The number of hydrogen-bond acceptors (Lipinski definition) is 6. The predicted molar refractivity (Wildman–Crippen MR) is 106 cm³/mol. The van der Waals surface area contributed by atoms with E-state index in [1.54, 1.807) is 34.1 Å². The van der Waals surface area contributed by atoms with E-state index < -0.39 is 14.8 Å². The molecule has 1 heterocycles. The Labute approximate surface area is 167 Å². The van der Waals surface area contributed by atoms with Gasteiger partial charge in [0.15, 0.2) is 9.84 Å². The van der Waals surface area contributed by atoms with Gasteiger partial charge in [0.2, 0.25) is 0 Å². The number of anilines is 1. The summed E-state index contributed by atoms with van der Waals surface area (Å²) >= 11 is 6.09. The van der Waals surface area contributed by atoms with E-state index in [9.17, 15) is 23.3 Å². The minimum atomic E-state index is -3.55. The Hall–Kier alpha value is -2.65. The largest absolute Gasteiger partial charge is 0.362 e. The highest BCUT2D eigenvalue weighted by atomic mass is 35.5. The lowest BCUT2D eigenvalue weighted by molar-refractivity contribution is -0.384. The van der Waals surface area contributed by atoms with Crippen LogP contribution in [0.2, 0.25) is 5.02 Å². The molecule has 0 bridgehead atoms. The standard InChI is InChI=1S/C18H18ClN3O5S/c1-28(26,27)13-6-7-16(17(12-13)22(24)25)20-8-10-21(11-9-20)18(23)14-4-2-3-5-15(14)19/h2-7,12H,8-11H2,1H3. The first kappa shape index (κ1) is 20.1. The topological polar surface area (TPSA) is 101 Å². The van der Waals surface area contributed by atoms with Crippen molar-refractivity contribution in [2.24, 2.45) is 0 Å². The van der Waals surface area contributed by atoms with Gasteiger partial charge in [0.1, 0.15) is 5.69 Å².